The summed E-state index contributed by atoms with van der Waals surface area (Å²) in [4.78, 5) is 1.68. The lowest BCUT2D eigenvalue weighted by atomic mass is 9.96. The van der Waals surface area contributed by atoms with E-state index in [1.165, 1.54) is 12.1 Å². The van der Waals surface area contributed by atoms with Crippen LogP contribution in [0.1, 0.15) is 45.2 Å². The fraction of sp³-hybridized carbons (Fsp3) is 0.625. The maximum Gasteiger partial charge on any atom is 0.126 e. The van der Waals surface area contributed by atoms with Crippen molar-refractivity contribution in [3.8, 4) is 0 Å². The number of nitrogens with zero attached hydrogens (tertiary/aromatic N) is 1. The van der Waals surface area contributed by atoms with Gasteiger partial charge in [0.15, 0.2) is 0 Å². The topological polar surface area (TPSA) is 69.7 Å². The van der Waals surface area contributed by atoms with E-state index >= 15 is 0 Å². The van der Waals surface area contributed by atoms with Crippen LogP contribution in [0.5, 0.6) is 0 Å². The summed E-state index contributed by atoms with van der Waals surface area (Å²) in [6.07, 6.45) is 0.187. The third kappa shape index (κ3) is 3.46. The molecular formula is C16H24F2N2O2. The van der Waals surface area contributed by atoms with Crippen molar-refractivity contribution in [2.45, 2.75) is 63.6 Å². The summed E-state index contributed by atoms with van der Waals surface area (Å²) in [5.41, 5.74) is 5.19. The predicted octanol–water partition coefficient (Wildman–Crippen LogP) is 1.91. The molecule has 1 unspecified atom stereocenters. The number of rotatable bonds is 4. The van der Waals surface area contributed by atoms with Crippen molar-refractivity contribution >= 4 is 0 Å². The lowest BCUT2D eigenvalue weighted by Crippen LogP contribution is -2.55. The first-order valence-corrected chi connectivity index (χ1v) is 7.50. The number of nitrogens with two attached hydrogens (primary N) is 1. The Hall–Kier alpha value is -1.08. The zero-order valence-electron chi connectivity index (χ0n) is 13.1. The number of hydrogen-bond acceptors (Lipinski definition) is 4. The van der Waals surface area contributed by atoms with Crippen molar-refractivity contribution in [1.82, 2.24) is 4.90 Å². The van der Waals surface area contributed by atoms with Crippen molar-refractivity contribution in [1.29, 1.82) is 0 Å². The molecule has 0 saturated carbocycles. The third-order valence-corrected chi connectivity index (χ3v) is 4.29. The Labute approximate surface area is 129 Å². The highest BCUT2D eigenvalue weighted by atomic mass is 19.1. The lowest BCUT2D eigenvalue weighted by Gasteiger charge is -2.41. The van der Waals surface area contributed by atoms with Gasteiger partial charge in [0.05, 0.1) is 5.60 Å². The van der Waals surface area contributed by atoms with E-state index in [1.807, 2.05) is 0 Å². The molecule has 1 saturated heterocycles. The summed E-state index contributed by atoms with van der Waals surface area (Å²) in [7, 11) is 0. The van der Waals surface area contributed by atoms with Crippen molar-refractivity contribution in [3.05, 3.63) is 35.4 Å². The standard InChI is InChI=1S/C16H24F2N2O2/c1-9(19)15(21)20-13(4-5-14(20)16(2,3)22)10-6-11(17)8-12(18)7-10/h6-9,13-15,21-22H,4-5,19H2,1-3H3/t9-,13+,14-,15?/m1/s1. The fourth-order valence-corrected chi connectivity index (χ4v) is 3.30. The van der Waals surface area contributed by atoms with Gasteiger partial charge >= 0.3 is 0 Å². The second-order valence-electron chi connectivity index (χ2n) is 6.69. The van der Waals surface area contributed by atoms with Crippen LogP contribution in [0.4, 0.5) is 8.78 Å². The number of aliphatic hydroxyl groups excluding tert-OH is 1. The Balaban J connectivity index is 2.41. The SMILES string of the molecule is C[C@@H](N)C(O)N1[C@H](c2cc(F)cc(F)c2)CC[C@@H]1C(C)(C)O. The minimum atomic E-state index is -1.06. The number of halogens is 2. The molecule has 6 heteroatoms. The number of hydrogen-bond donors (Lipinski definition) is 3. The summed E-state index contributed by atoms with van der Waals surface area (Å²) in [6.45, 7) is 4.98. The first-order valence-electron chi connectivity index (χ1n) is 7.50. The summed E-state index contributed by atoms with van der Waals surface area (Å²) in [5.74, 6) is -1.31. The Bertz CT molecular complexity index is 511. The molecule has 4 nitrogen and oxygen atoms in total. The van der Waals surface area contributed by atoms with E-state index in [0.29, 0.717) is 18.4 Å². The molecule has 0 amide bonds. The average Bonchev–Trinajstić information content (AvgIpc) is 2.80. The van der Waals surface area contributed by atoms with Crippen molar-refractivity contribution in [2.75, 3.05) is 0 Å². The zero-order chi connectivity index (χ0) is 16.7. The van der Waals surface area contributed by atoms with Crippen LogP contribution in [0.25, 0.3) is 0 Å². The second-order valence-corrected chi connectivity index (χ2v) is 6.69. The number of likely N-dealkylation sites (tertiary alicyclic amines) is 1. The smallest absolute Gasteiger partial charge is 0.126 e. The second kappa shape index (κ2) is 6.20. The minimum Gasteiger partial charge on any atom is -0.389 e. The van der Waals surface area contributed by atoms with Crippen molar-refractivity contribution in [2.24, 2.45) is 5.73 Å². The summed E-state index contributed by atoms with van der Waals surface area (Å²) >= 11 is 0. The van der Waals surface area contributed by atoms with Crippen LogP contribution in [0.15, 0.2) is 18.2 Å². The molecule has 1 aromatic carbocycles. The van der Waals surface area contributed by atoms with Crippen LogP contribution >= 0.6 is 0 Å². The lowest BCUT2D eigenvalue weighted by molar-refractivity contribution is -0.0979. The molecule has 4 atom stereocenters. The molecule has 1 aromatic rings. The van der Waals surface area contributed by atoms with Crippen LogP contribution in [-0.4, -0.2) is 39.0 Å². The van der Waals surface area contributed by atoms with Gasteiger partial charge in [-0.1, -0.05) is 0 Å². The molecule has 2 rings (SSSR count). The molecule has 0 aromatic heterocycles. The molecule has 1 aliphatic heterocycles. The maximum atomic E-state index is 13.5. The highest BCUT2D eigenvalue weighted by molar-refractivity contribution is 5.23. The van der Waals surface area contributed by atoms with Crippen LogP contribution in [-0.2, 0) is 0 Å². The van der Waals surface area contributed by atoms with Gasteiger partial charge in [-0.15, -0.1) is 0 Å². The van der Waals surface area contributed by atoms with E-state index in [0.717, 1.165) is 6.07 Å². The monoisotopic (exact) mass is 314 g/mol. The van der Waals surface area contributed by atoms with Crippen molar-refractivity contribution in [3.63, 3.8) is 0 Å². The quantitative estimate of drug-likeness (QED) is 0.794. The van der Waals surface area contributed by atoms with Crippen LogP contribution in [0.2, 0.25) is 0 Å². The first kappa shape index (κ1) is 17.3. The fourth-order valence-electron chi connectivity index (χ4n) is 3.30. The average molecular weight is 314 g/mol. The first-order chi connectivity index (χ1) is 10.1. The minimum absolute atomic E-state index is 0.343. The Morgan fingerprint density at radius 3 is 2.23 bits per heavy atom. The van der Waals surface area contributed by atoms with Gasteiger partial charge in [-0.25, -0.2) is 8.78 Å². The Morgan fingerprint density at radius 1 is 1.23 bits per heavy atom. The number of aliphatic hydroxyl groups is 2. The molecule has 0 aliphatic carbocycles. The summed E-state index contributed by atoms with van der Waals surface area (Å²) in [5, 5.41) is 20.8. The highest BCUT2D eigenvalue weighted by Crippen LogP contribution is 2.41. The molecule has 0 bridgehead atoms. The van der Waals surface area contributed by atoms with Gasteiger partial charge in [0.1, 0.15) is 17.9 Å². The van der Waals surface area contributed by atoms with Crippen molar-refractivity contribution < 1.29 is 19.0 Å². The van der Waals surface area contributed by atoms with E-state index in [2.05, 4.69) is 0 Å². The highest BCUT2D eigenvalue weighted by Gasteiger charge is 2.45. The van der Waals surface area contributed by atoms with Gasteiger partial charge < -0.3 is 15.9 Å². The van der Waals surface area contributed by atoms with Gasteiger partial charge in [0, 0.05) is 24.2 Å². The van der Waals surface area contributed by atoms with Crippen LogP contribution in [0.3, 0.4) is 0 Å². The summed E-state index contributed by atoms with van der Waals surface area (Å²) in [6, 6.07) is 2.07. The number of benzene rings is 1. The molecule has 22 heavy (non-hydrogen) atoms. The Kier molecular flexibility index (Phi) is 4.87. The molecule has 1 aliphatic rings. The molecule has 1 fully saturated rings. The van der Waals surface area contributed by atoms with E-state index in [1.54, 1.807) is 25.7 Å². The molecule has 4 N–H and O–H groups in total. The summed E-state index contributed by atoms with van der Waals surface area (Å²) < 4.78 is 27.0. The normalized spacial score (nSPS) is 26.2. The molecule has 124 valence electrons. The van der Waals surface area contributed by atoms with E-state index in [4.69, 9.17) is 5.73 Å². The molecule has 1 heterocycles. The third-order valence-electron chi connectivity index (χ3n) is 4.29. The van der Waals surface area contributed by atoms with E-state index < -0.39 is 29.5 Å². The van der Waals surface area contributed by atoms with Crippen LogP contribution in [0, 0.1) is 11.6 Å². The van der Waals surface area contributed by atoms with E-state index in [-0.39, 0.29) is 12.1 Å². The molecule has 0 radical (unpaired) electrons. The molecule has 0 spiro atoms. The largest absolute Gasteiger partial charge is 0.389 e. The van der Waals surface area contributed by atoms with Crippen LogP contribution < -0.4 is 5.73 Å². The van der Waals surface area contributed by atoms with Gasteiger partial charge in [0.25, 0.3) is 0 Å². The van der Waals surface area contributed by atoms with Gasteiger partial charge in [0.2, 0.25) is 0 Å². The zero-order valence-corrected chi connectivity index (χ0v) is 13.1. The van der Waals surface area contributed by atoms with Gasteiger partial charge in [-0.3, -0.25) is 4.90 Å². The maximum absolute atomic E-state index is 13.5. The van der Waals surface area contributed by atoms with Gasteiger partial charge in [-0.2, -0.15) is 0 Å². The van der Waals surface area contributed by atoms with Gasteiger partial charge in [-0.05, 0) is 51.3 Å². The molecular weight excluding hydrogens is 290 g/mol. The van der Waals surface area contributed by atoms with E-state index in [9.17, 15) is 19.0 Å². The Morgan fingerprint density at radius 2 is 1.77 bits per heavy atom. The predicted molar refractivity (Wildman–Crippen MR) is 79.9 cm³/mol.